The van der Waals surface area contributed by atoms with E-state index < -0.39 is 5.60 Å². The van der Waals surface area contributed by atoms with Crippen LogP contribution in [-0.4, -0.2) is 11.7 Å². The second-order valence-electron chi connectivity index (χ2n) is 6.54. The van der Waals surface area contributed by atoms with E-state index in [9.17, 15) is 10.3 Å². The molecule has 1 atom stereocenters. The van der Waals surface area contributed by atoms with E-state index in [4.69, 9.17) is 4.74 Å². The van der Waals surface area contributed by atoms with Gasteiger partial charge in [0.15, 0.2) is 11.8 Å². The van der Waals surface area contributed by atoms with Crippen molar-refractivity contribution in [1.29, 1.82) is 0 Å². The van der Waals surface area contributed by atoms with Crippen LogP contribution in [0.3, 0.4) is 0 Å². The van der Waals surface area contributed by atoms with Crippen LogP contribution in [0.2, 0.25) is 0 Å². The summed E-state index contributed by atoms with van der Waals surface area (Å²) in [6.45, 7) is 4.53. The number of aromatic nitrogens is 1. The van der Waals surface area contributed by atoms with E-state index in [2.05, 4.69) is 15.9 Å². The fourth-order valence-electron chi connectivity index (χ4n) is 3.04. The number of rotatable bonds is 1. The van der Waals surface area contributed by atoms with E-state index in [1.165, 1.54) is 6.20 Å². The summed E-state index contributed by atoms with van der Waals surface area (Å²) in [6.07, 6.45) is 1.80. The molecule has 0 saturated heterocycles. The molecule has 4 nitrogen and oxygen atoms in total. The van der Waals surface area contributed by atoms with Gasteiger partial charge in [0.2, 0.25) is 5.69 Å². The van der Waals surface area contributed by atoms with Crippen LogP contribution in [0.5, 0.6) is 5.75 Å². The Balaban J connectivity index is 2.27. The quantitative estimate of drug-likeness (QED) is 0.625. The number of fused-ring (bicyclic) bond motifs is 1. The Bertz CT molecular complexity index is 717. The van der Waals surface area contributed by atoms with Crippen LogP contribution in [-0.2, 0) is 5.60 Å². The monoisotopic (exact) mass is 363 g/mol. The smallest absolute Gasteiger partial charge is 0.229 e. The minimum atomic E-state index is -1.40. The van der Waals surface area contributed by atoms with Gasteiger partial charge in [-0.15, -0.1) is 0 Å². The van der Waals surface area contributed by atoms with Crippen LogP contribution in [0.25, 0.3) is 0 Å². The minimum absolute atomic E-state index is 0.275. The van der Waals surface area contributed by atoms with Gasteiger partial charge in [-0.05, 0) is 30.7 Å². The Morgan fingerprint density at radius 1 is 1.27 bits per heavy atom. The van der Waals surface area contributed by atoms with E-state index in [1.807, 2.05) is 32.0 Å². The molecule has 1 aromatic heterocycles. The molecule has 0 radical (unpaired) electrons. The van der Waals surface area contributed by atoms with Crippen molar-refractivity contribution in [2.45, 2.75) is 25.9 Å². The molecule has 0 amide bonds. The molecule has 0 fully saturated rings. The van der Waals surface area contributed by atoms with E-state index in [-0.39, 0.29) is 5.41 Å². The Labute approximate surface area is 138 Å². The number of ether oxygens (including phenoxy) is 1. The molecule has 0 saturated carbocycles. The standard InChI is InChI=1S/C17H18BrNO3/c1-16(2)10-17(20,15-5-3-4-8-19(15)21)13-9-12(18)6-7-14(13)22-11-16/h3-9,20H,10-11H2,1-2H3. The Morgan fingerprint density at radius 3 is 2.77 bits per heavy atom. The summed E-state index contributed by atoms with van der Waals surface area (Å²) in [5.41, 5.74) is -0.748. The Morgan fingerprint density at radius 2 is 2.05 bits per heavy atom. The summed E-state index contributed by atoms with van der Waals surface area (Å²) in [7, 11) is 0. The van der Waals surface area contributed by atoms with Crippen molar-refractivity contribution in [3.8, 4) is 5.75 Å². The number of benzene rings is 1. The predicted octanol–water partition coefficient (Wildman–Crippen LogP) is 3.13. The summed E-state index contributed by atoms with van der Waals surface area (Å²) < 4.78 is 7.45. The number of halogens is 1. The summed E-state index contributed by atoms with van der Waals surface area (Å²) in [4.78, 5) is 0. The molecule has 2 aromatic rings. The first kappa shape index (κ1) is 15.3. The van der Waals surface area contributed by atoms with Crippen LogP contribution in [0.4, 0.5) is 0 Å². The molecule has 0 aliphatic carbocycles. The number of aliphatic hydroxyl groups is 1. The Hall–Kier alpha value is -1.59. The van der Waals surface area contributed by atoms with Crippen LogP contribution >= 0.6 is 15.9 Å². The summed E-state index contributed by atoms with van der Waals surface area (Å²) in [6, 6.07) is 10.6. The van der Waals surface area contributed by atoms with Gasteiger partial charge in [-0.25, -0.2) is 0 Å². The highest BCUT2D eigenvalue weighted by Gasteiger charge is 2.47. The van der Waals surface area contributed by atoms with Crippen LogP contribution < -0.4 is 9.47 Å². The third kappa shape index (κ3) is 2.59. The number of pyridine rings is 1. The van der Waals surface area contributed by atoms with Gasteiger partial charge in [-0.2, -0.15) is 4.73 Å². The Kier molecular flexibility index (Phi) is 3.65. The predicted molar refractivity (Wildman–Crippen MR) is 86.4 cm³/mol. The lowest BCUT2D eigenvalue weighted by Crippen LogP contribution is -2.44. The molecule has 2 heterocycles. The van der Waals surface area contributed by atoms with E-state index in [1.54, 1.807) is 18.2 Å². The van der Waals surface area contributed by atoms with E-state index in [0.717, 1.165) is 9.20 Å². The average molecular weight is 364 g/mol. The fourth-order valence-corrected chi connectivity index (χ4v) is 3.40. The SMILES string of the molecule is CC1(C)COc2ccc(Br)cc2C(O)(c2cccc[n+]2[O-])C1. The van der Waals surface area contributed by atoms with Gasteiger partial charge in [-0.3, -0.25) is 0 Å². The van der Waals surface area contributed by atoms with Gasteiger partial charge in [-0.1, -0.05) is 29.8 Å². The second-order valence-corrected chi connectivity index (χ2v) is 7.46. The van der Waals surface area contributed by atoms with E-state index in [0.29, 0.717) is 30.0 Å². The maximum absolute atomic E-state index is 12.2. The highest BCUT2D eigenvalue weighted by atomic mass is 79.9. The molecule has 0 bridgehead atoms. The first-order valence-electron chi connectivity index (χ1n) is 7.16. The normalized spacial score (nSPS) is 23.3. The lowest BCUT2D eigenvalue weighted by Gasteiger charge is -2.31. The lowest BCUT2D eigenvalue weighted by atomic mass is 9.76. The molecular formula is C17H18BrNO3. The van der Waals surface area contributed by atoms with Crippen molar-refractivity contribution in [2.75, 3.05) is 6.61 Å². The zero-order chi connectivity index (χ0) is 16.0. The third-order valence-electron chi connectivity index (χ3n) is 3.99. The summed E-state index contributed by atoms with van der Waals surface area (Å²) >= 11 is 3.44. The van der Waals surface area contributed by atoms with Crippen molar-refractivity contribution >= 4 is 15.9 Å². The van der Waals surface area contributed by atoms with E-state index >= 15 is 0 Å². The minimum Gasteiger partial charge on any atom is -0.618 e. The first-order valence-corrected chi connectivity index (χ1v) is 7.95. The number of nitrogens with zero attached hydrogens (tertiary/aromatic N) is 1. The highest BCUT2D eigenvalue weighted by molar-refractivity contribution is 9.10. The van der Waals surface area contributed by atoms with Crippen molar-refractivity contribution in [1.82, 2.24) is 0 Å². The average Bonchev–Trinajstić information content (AvgIpc) is 2.55. The van der Waals surface area contributed by atoms with Gasteiger partial charge in [0.1, 0.15) is 5.75 Å². The molecular weight excluding hydrogens is 346 g/mol. The zero-order valence-corrected chi connectivity index (χ0v) is 14.1. The molecule has 5 heteroatoms. The van der Waals surface area contributed by atoms with Crippen LogP contribution in [0.1, 0.15) is 31.5 Å². The second kappa shape index (κ2) is 5.25. The highest BCUT2D eigenvalue weighted by Crippen LogP contribution is 2.46. The molecule has 3 rings (SSSR count). The molecule has 116 valence electrons. The topological polar surface area (TPSA) is 56.4 Å². The van der Waals surface area contributed by atoms with Crippen LogP contribution in [0, 0.1) is 10.6 Å². The van der Waals surface area contributed by atoms with Crippen LogP contribution in [0.15, 0.2) is 47.1 Å². The molecule has 1 aliphatic heterocycles. The lowest BCUT2D eigenvalue weighted by molar-refractivity contribution is -0.622. The summed E-state index contributed by atoms with van der Waals surface area (Å²) in [5.74, 6) is 0.611. The first-order chi connectivity index (χ1) is 10.3. The van der Waals surface area contributed by atoms with Gasteiger partial charge in [0.05, 0.1) is 6.61 Å². The van der Waals surface area contributed by atoms with Crippen molar-refractivity contribution in [2.24, 2.45) is 5.41 Å². The van der Waals surface area contributed by atoms with Crippen molar-refractivity contribution < 1.29 is 14.6 Å². The number of hydrogen-bond acceptors (Lipinski definition) is 3. The molecule has 1 aliphatic rings. The van der Waals surface area contributed by atoms with Crippen molar-refractivity contribution in [3.05, 3.63) is 63.5 Å². The molecule has 1 aromatic carbocycles. The zero-order valence-electron chi connectivity index (χ0n) is 12.5. The fraction of sp³-hybridized carbons (Fsp3) is 0.353. The molecule has 0 spiro atoms. The largest absolute Gasteiger partial charge is 0.618 e. The number of hydrogen-bond donors (Lipinski definition) is 1. The van der Waals surface area contributed by atoms with Gasteiger partial charge in [0, 0.05) is 27.6 Å². The van der Waals surface area contributed by atoms with Crippen molar-refractivity contribution in [3.63, 3.8) is 0 Å². The van der Waals surface area contributed by atoms with Gasteiger partial charge < -0.3 is 15.1 Å². The van der Waals surface area contributed by atoms with Gasteiger partial charge >= 0.3 is 0 Å². The summed E-state index contributed by atoms with van der Waals surface area (Å²) in [5, 5.41) is 23.7. The van der Waals surface area contributed by atoms with Gasteiger partial charge in [0.25, 0.3) is 0 Å². The molecule has 1 unspecified atom stereocenters. The third-order valence-corrected chi connectivity index (χ3v) is 4.48. The maximum Gasteiger partial charge on any atom is 0.229 e. The maximum atomic E-state index is 12.2. The molecule has 1 N–H and O–H groups in total. The molecule has 22 heavy (non-hydrogen) atoms.